The van der Waals surface area contributed by atoms with Gasteiger partial charge in [-0.1, -0.05) is 46.0 Å². The van der Waals surface area contributed by atoms with Crippen LogP contribution < -0.4 is 5.32 Å². The van der Waals surface area contributed by atoms with E-state index in [-0.39, 0.29) is 5.97 Å². The third-order valence-corrected chi connectivity index (χ3v) is 3.28. The van der Waals surface area contributed by atoms with E-state index < -0.39 is 0 Å². The zero-order chi connectivity index (χ0) is 13.6. The summed E-state index contributed by atoms with van der Waals surface area (Å²) >= 11 is 0. The number of hydrogen-bond donors (Lipinski definition) is 1. The lowest BCUT2D eigenvalue weighted by atomic mass is 10.1. The van der Waals surface area contributed by atoms with Crippen molar-refractivity contribution >= 4 is 5.97 Å². The van der Waals surface area contributed by atoms with Gasteiger partial charge in [-0.25, -0.2) is 0 Å². The Balaban J connectivity index is 3.20. The first-order valence-electron chi connectivity index (χ1n) is 7.50. The lowest BCUT2D eigenvalue weighted by Crippen LogP contribution is -2.11. The number of esters is 1. The van der Waals surface area contributed by atoms with Gasteiger partial charge in [0.1, 0.15) is 0 Å². The number of rotatable bonds is 12. The molecule has 0 heterocycles. The maximum Gasteiger partial charge on any atom is 0.305 e. The van der Waals surface area contributed by atoms with Gasteiger partial charge in [0.15, 0.2) is 0 Å². The summed E-state index contributed by atoms with van der Waals surface area (Å²) in [6.07, 6.45) is 8.86. The molecule has 0 bridgehead atoms. The standard InChI is InChI=1S/C15H31NO2/c1-4-14(2)13-18-15(17)11-9-7-5-6-8-10-12-16-3/h14,16H,4-13H2,1-3H3/t14-/m1/s1. The van der Waals surface area contributed by atoms with Gasteiger partial charge in [-0.3, -0.25) is 4.79 Å². The quantitative estimate of drug-likeness (QED) is 0.429. The third-order valence-electron chi connectivity index (χ3n) is 3.28. The number of ether oxygens (including phenoxy) is 1. The molecule has 3 heteroatoms. The largest absolute Gasteiger partial charge is 0.465 e. The predicted octanol–water partition coefficient (Wildman–Crippen LogP) is 3.53. The summed E-state index contributed by atoms with van der Waals surface area (Å²) in [5, 5.41) is 3.15. The van der Waals surface area contributed by atoms with Crippen molar-refractivity contribution in [1.29, 1.82) is 0 Å². The van der Waals surface area contributed by atoms with Crippen LogP contribution in [0.5, 0.6) is 0 Å². The van der Waals surface area contributed by atoms with Crippen molar-refractivity contribution in [1.82, 2.24) is 5.32 Å². The van der Waals surface area contributed by atoms with Gasteiger partial charge in [-0.15, -0.1) is 0 Å². The van der Waals surface area contributed by atoms with Crippen LogP contribution in [0.1, 0.15) is 65.2 Å². The number of carbonyl (C=O) groups is 1. The second-order valence-corrected chi connectivity index (χ2v) is 5.17. The maximum absolute atomic E-state index is 11.4. The molecule has 0 saturated carbocycles. The van der Waals surface area contributed by atoms with E-state index in [0.29, 0.717) is 18.9 Å². The molecule has 0 aliphatic rings. The lowest BCUT2D eigenvalue weighted by Gasteiger charge is -2.09. The highest BCUT2D eigenvalue weighted by Gasteiger charge is 2.05. The first-order chi connectivity index (χ1) is 8.70. The van der Waals surface area contributed by atoms with Crippen molar-refractivity contribution in [2.75, 3.05) is 20.2 Å². The molecule has 0 aliphatic heterocycles. The number of hydrogen-bond acceptors (Lipinski definition) is 3. The van der Waals surface area contributed by atoms with Crippen molar-refractivity contribution in [3.05, 3.63) is 0 Å². The molecule has 0 amide bonds. The molecule has 1 N–H and O–H groups in total. The van der Waals surface area contributed by atoms with Crippen LogP contribution in [0.3, 0.4) is 0 Å². The fourth-order valence-electron chi connectivity index (χ4n) is 1.70. The van der Waals surface area contributed by atoms with Crippen LogP contribution in [-0.2, 0) is 9.53 Å². The topological polar surface area (TPSA) is 38.3 Å². The van der Waals surface area contributed by atoms with E-state index in [4.69, 9.17) is 4.74 Å². The fourth-order valence-corrected chi connectivity index (χ4v) is 1.70. The summed E-state index contributed by atoms with van der Waals surface area (Å²) in [5.74, 6) is 0.464. The average Bonchev–Trinajstić information content (AvgIpc) is 2.39. The highest BCUT2D eigenvalue weighted by atomic mass is 16.5. The molecule has 0 aromatic heterocycles. The van der Waals surface area contributed by atoms with Crippen LogP contribution in [0.15, 0.2) is 0 Å². The molecule has 0 spiro atoms. The molecule has 0 unspecified atom stereocenters. The second-order valence-electron chi connectivity index (χ2n) is 5.17. The average molecular weight is 257 g/mol. The molecule has 1 atom stereocenters. The van der Waals surface area contributed by atoms with Gasteiger partial charge in [-0.2, -0.15) is 0 Å². The number of nitrogens with one attached hydrogen (secondary N) is 1. The maximum atomic E-state index is 11.4. The minimum absolute atomic E-state index is 0.0227. The summed E-state index contributed by atoms with van der Waals surface area (Å²) < 4.78 is 5.21. The van der Waals surface area contributed by atoms with Crippen molar-refractivity contribution in [3.63, 3.8) is 0 Å². The monoisotopic (exact) mass is 257 g/mol. The molecule has 0 aromatic carbocycles. The molecular formula is C15H31NO2. The minimum atomic E-state index is -0.0227. The van der Waals surface area contributed by atoms with E-state index in [0.717, 1.165) is 25.8 Å². The smallest absolute Gasteiger partial charge is 0.305 e. The van der Waals surface area contributed by atoms with Gasteiger partial charge >= 0.3 is 5.97 Å². The van der Waals surface area contributed by atoms with Crippen molar-refractivity contribution in [3.8, 4) is 0 Å². The van der Waals surface area contributed by atoms with Gasteiger partial charge in [-0.05, 0) is 32.4 Å². The van der Waals surface area contributed by atoms with Crippen LogP contribution in [-0.4, -0.2) is 26.2 Å². The molecule has 0 aromatic rings. The van der Waals surface area contributed by atoms with Crippen molar-refractivity contribution in [2.45, 2.75) is 65.2 Å². The van der Waals surface area contributed by atoms with E-state index in [1.165, 1.54) is 25.7 Å². The first kappa shape index (κ1) is 17.4. The van der Waals surface area contributed by atoms with E-state index in [1.807, 2.05) is 7.05 Å². The summed E-state index contributed by atoms with van der Waals surface area (Å²) in [6.45, 7) is 5.92. The van der Waals surface area contributed by atoms with Crippen LogP contribution in [0.25, 0.3) is 0 Å². The second kappa shape index (κ2) is 12.9. The molecule has 0 saturated heterocycles. The molecule has 3 nitrogen and oxygen atoms in total. The Bertz CT molecular complexity index is 195. The van der Waals surface area contributed by atoms with Gasteiger partial charge in [0.25, 0.3) is 0 Å². The van der Waals surface area contributed by atoms with Gasteiger partial charge in [0, 0.05) is 6.42 Å². The molecule has 0 fully saturated rings. The first-order valence-corrected chi connectivity index (χ1v) is 7.50. The molecule has 0 rings (SSSR count). The van der Waals surface area contributed by atoms with Gasteiger partial charge in [0.05, 0.1) is 6.61 Å². The highest BCUT2D eigenvalue weighted by molar-refractivity contribution is 5.69. The summed E-state index contributed by atoms with van der Waals surface area (Å²) in [7, 11) is 1.99. The van der Waals surface area contributed by atoms with E-state index in [2.05, 4.69) is 19.2 Å². The Labute approximate surface area is 113 Å². The van der Waals surface area contributed by atoms with Crippen LogP contribution in [0.2, 0.25) is 0 Å². The Morgan fingerprint density at radius 2 is 1.72 bits per heavy atom. The predicted molar refractivity (Wildman–Crippen MR) is 76.7 cm³/mol. The van der Waals surface area contributed by atoms with E-state index in [1.54, 1.807) is 0 Å². The number of carbonyl (C=O) groups excluding carboxylic acids is 1. The molecule has 18 heavy (non-hydrogen) atoms. The van der Waals surface area contributed by atoms with Crippen LogP contribution in [0, 0.1) is 5.92 Å². The normalized spacial score (nSPS) is 12.4. The Morgan fingerprint density at radius 3 is 2.33 bits per heavy atom. The summed E-state index contributed by atoms with van der Waals surface area (Å²) in [5.41, 5.74) is 0. The van der Waals surface area contributed by atoms with E-state index >= 15 is 0 Å². The van der Waals surface area contributed by atoms with E-state index in [9.17, 15) is 4.79 Å². The zero-order valence-corrected chi connectivity index (χ0v) is 12.5. The molecular weight excluding hydrogens is 226 g/mol. The van der Waals surface area contributed by atoms with Crippen LogP contribution in [0.4, 0.5) is 0 Å². The molecule has 108 valence electrons. The Kier molecular flexibility index (Phi) is 12.5. The third kappa shape index (κ3) is 11.9. The Hall–Kier alpha value is -0.570. The zero-order valence-electron chi connectivity index (χ0n) is 12.5. The minimum Gasteiger partial charge on any atom is -0.465 e. The fraction of sp³-hybridized carbons (Fsp3) is 0.933. The van der Waals surface area contributed by atoms with Crippen LogP contribution >= 0.6 is 0 Å². The van der Waals surface area contributed by atoms with Crippen molar-refractivity contribution in [2.24, 2.45) is 5.92 Å². The highest BCUT2D eigenvalue weighted by Crippen LogP contribution is 2.08. The molecule has 0 aliphatic carbocycles. The lowest BCUT2D eigenvalue weighted by molar-refractivity contribution is -0.145. The van der Waals surface area contributed by atoms with Gasteiger partial charge < -0.3 is 10.1 Å². The summed E-state index contributed by atoms with van der Waals surface area (Å²) in [6, 6.07) is 0. The SMILES string of the molecule is CC[C@@H](C)COC(=O)CCCCCCCCNC. The number of unbranched alkanes of at least 4 members (excludes halogenated alkanes) is 5. The molecule has 0 radical (unpaired) electrons. The van der Waals surface area contributed by atoms with Gasteiger partial charge in [0.2, 0.25) is 0 Å². The van der Waals surface area contributed by atoms with Crippen molar-refractivity contribution < 1.29 is 9.53 Å². The Morgan fingerprint density at radius 1 is 1.11 bits per heavy atom. The summed E-state index contributed by atoms with van der Waals surface area (Å²) in [4.78, 5) is 11.4.